The highest BCUT2D eigenvalue weighted by molar-refractivity contribution is 5.45. The Morgan fingerprint density at radius 3 is 2.40 bits per heavy atom. The van der Waals surface area contributed by atoms with Gasteiger partial charge in [-0.25, -0.2) is 4.98 Å². The van der Waals surface area contributed by atoms with Crippen LogP contribution in [0.1, 0.15) is 16.8 Å². The van der Waals surface area contributed by atoms with Crippen LogP contribution < -0.4 is 5.32 Å². The van der Waals surface area contributed by atoms with Crippen molar-refractivity contribution in [2.75, 3.05) is 5.32 Å². The number of benzene rings is 1. The molecule has 104 valence electrons. The van der Waals surface area contributed by atoms with Gasteiger partial charge in [-0.3, -0.25) is 10.1 Å². The highest BCUT2D eigenvalue weighted by atomic mass is 16.6. The van der Waals surface area contributed by atoms with E-state index in [1.807, 2.05) is 24.3 Å². The monoisotopic (exact) mass is 273 g/mol. The largest absolute Gasteiger partial charge is 0.392 e. The molecule has 0 spiro atoms. The first-order chi connectivity index (χ1) is 9.60. The van der Waals surface area contributed by atoms with E-state index < -0.39 is 4.92 Å². The number of aryl methyl sites for hydroxylation is 1. The molecule has 1 aromatic carbocycles. The van der Waals surface area contributed by atoms with Gasteiger partial charge in [-0.1, -0.05) is 24.3 Å². The molecule has 2 aromatic rings. The van der Waals surface area contributed by atoms with Gasteiger partial charge < -0.3 is 10.4 Å². The fourth-order valence-corrected chi connectivity index (χ4v) is 1.80. The van der Waals surface area contributed by atoms with Crippen LogP contribution in [0.15, 0.2) is 36.4 Å². The Morgan fingerprint density at radius 1 is 1.20 bits per heavy atom. The predicted molar refractivity (Wildman–Crippen MR) is 75.3 cm³/mol. The van der Waals surface area contributed by atoms with Gasteiger partial charge in [0.05, 0.1) is 11.5 Å². The molecule has 1 aromatic heterocycles. The second-order valence-corrected chi connectivity index (χ2v) is 4.39. The number of anilines is 1. The van der Waals surface area contributed by atoms with Crippen molar-refractivity contribution in [3.05, 3.63) is 63.3 Å². The fraction of sp³-hybridized carbons (Fsp3) is 0.214. The van der Waals surface area contributed by atoms with E-state index in [1.54, 1.807) is 13.0 Å². The maximum absolute atomic E-state index is 10.7. The van der Waals surface area contributed by atoms with Gasteiger partial charge in [0.2, 0.25) is 0 Å². The summed E-state index contributed by atoms with van der Waals surface area (Å²) >= 11 is 0. The summed E-state index contributed by atoms with van der Waals surface area (Å²) in [5.74, 6) is 0.597. The summed E-state index contributed by atoms with van der Waals surface area (Å²) in [6, 6.07) is 10.6. The van der Waals surface area contributed by atoms with Gasteiger partial charge in [0, 0.05) is 12.6 Å². The molecule has 6 heteroatoms. The van der Waals surface area contributed by atoms with E-state index in [1.165, 1.54) is 6.07 Å². The smallest absolute Gasteiger partial charge is 0.290 e. The Bertz CT molecular complexity index is 612. The molecule has 0 fully saturated rings. The molecule has 0 radical (unpaired) electrons. The number of nitro groups is 1. The lowest BCUT2D eigenvalue weighted by Gasteiger charge is -2.07. The Balaban J connectivity index is 2.03. The molecule has 6 nitrogen and oxygen atoms in total. The zero-order chi connectivity index (χ0) is 14.5. The van der Waals surface area contributed by atoms with Crippen molar-refractivity contribution < 1.29 is 10.0 Å². The Kier molecular flexibility index (Phi) is 4.27. The van der Waals surface area contributed by atoms with Crippen LogP contribution in [-0.4, -0.2) is 15.0 Å². The molecule has 0 bridgehead atoms. The van der Waals surface area contributed by atoms with Crippen LogP contribution >= 0.6 is 0 Å². The predicted octanol–water partition coefficient (Wildman–Crippen LogP) is 2.40. The van der Waals surface area contributed by atoms with Gasteiger partial charge >= 0.3 is 0 Å². The second kappa shape index (κ2) is 6.12. The molecule has 2 rings (SSSR count). The first-order valence-electron chi connectivity index (χ1n) is 6.14. The average molecular weight is 273 g/mol. The second-order valence-electron chi connectivity index (χ2n) is 4.39. The van der Waals surface area contributed by atoms with Gasteiger partial charge in [0.25, 0.3) is 5.69 Å². The van der Waals surface area contributed by atoms with Crippen molar-refractivity contribution in [3.63, 3.8) is 0 Å². The number of aliphatic hydroxyl groups excluding tert-OH is 1. The summed E-state index contributed by atoms with van der Waals surface area (Å²) in [4.78, 5) is 14.4. The molecule has 0 aliphatic rings. The highest BCUT2D eigenvalue weighted by Gasteiger charge is 2.11. The van der Waals surface area contributed by atoms with Crippen LogP contribution in [0.3, 0.4) is 0 Å². The van der Waals surface area contributed by atoms with Crippen molar-refractivity contribution in [3.8, 4) is 0 Å². The van der Waals surface area contributed by atoms with Crippen LogP contribution in [0.25, 0.3) is 0 Å². The number of rotatable bonds is 5. The summed E-state index contributed by atoms with van der Waals surface area (Å²) < 4.78 is 0. The number of aromatic nitrogens is 1. The normalized spacial score (nSPS) is 10.3. The van der Waals surface area contributed by atoms with E-state index in [9.17, 15) is 10.1 Å². The van der Waals surface area contributed by atoms with Gasteiger partial charge in [-0.2, -0.15) is 0 Å². The van der Waals surface area contributed by atoms with Crippen molar-refractivity contribution in [2.24, 2.45) is 0 Å². The maximum Gasteiger partial charge on any atom is 0.290 e. The average Bonchev–Trinajstić information content (AvgIpc) is 2.45. The number of nitrogens with one attached hydrogen (secondary N) is 1. The Hall–Kier alpha value is -2.47. The van der Waals surface area contributed by atoms with Gasteiger partial charge in [-0.05, 0) is 24.1 Å². The van der Waals surface area contributed by atoms with Crippen LogP contribution in [-0.2, 0) is 13.2 Å². The van der Waals surface area contributed by atoms with Crippen LogP contribution in [0.2, 0.25) is 0 Å². The first kappa shape index (κ1) is 14.0. The molecular formula is C14H15N3O3. The number of pyridine rings is 1. The van der Waals surface area contributed by atoms with Gasteiger partial charge in [-0.15, -0.1) is 0 Å². The third kappa shape index (κ3) is 3.30. The first-order valence-corrected chi connectivity index (χ1v) is 6.14. The summed E-state index contributed by atoms with van der Waals surface area (Å²) in [6.07, 6.45) is 0. The number of hydrogen-bond donors (Lipinski definition) is 2. The third-order valence-electron chi connectivity index (χ3n) is 2.93. The summed E-state index contributed by atoms with van der Waals surface area (Å²) in [6.45, 7) is 2.20. The van der Waals surface area contributed by atoms with Crippen molar-refractivity contribution >= 4 is 11.5 Å². The van der Waals surface area contributed by atoms with E-state index in [2.05, 4.69) is 10.3 Å². The van der Waals surface area contributed by atoms with Crippen LogP contribution in [0.4, 0.5) is 11.5 Å². The van der Waals surface area contributed by atoms with E-state index in [-0.39, 0.29) is 12.3 Å². The maximum atomic E-state index is 10.7. The lowest BCUT2D eigenvalue weighted by molar-refractivity contribution is -0.385. The standard InChI is InChI=1S/C14H15N3O3/c1-10-13(17(19)20)6-7-14(16-10)15-8-11-2-4-12(9-18)5-3-11/h2-7,18H,8-9H2,1H3,(H,15,16). The van der Waals surface area contributed by atoms with Gasteiger partial charge in [0.15, 0.2) is 0 Å². The molecular weight excluding hydrogens is 258 g/mol. The third-order valence-corrected chi connectivity index (χ3v) is 2.93. The quantitative estimate of drug-likeness (QED) is 0.645. The SMILES string of the molecule is Cc1nc(NCc2ccc(CO)cc2)ccc1[N+](=O)[O-]. The van der Waals surface area contributed by atoms with E-state index in [0.717, 1.165) is 11.1 Å². The zero-order valence-electron chi connectivity index (χ0n) is 11.0. The zero-order valence-corrected chi connectivity index (χ0v) is 11.0. The summed E-state index contributed by atoms with van der Waals surface area (Å²) in [5, 5.41) is 22.8. The van der Waals surface area contributed by atoms with Crippen molar-refractivity contribution in [1.82, 2.24) is 4.98 Å². The molecule has 0 unspecified atom stereocenters. The molecule has 1 heterocycles. The lowest BCUT2D eigenvalue weighted by atomic mass is 10.1. The molecule has 0 saturated heterocycles. The minimum atomic E-state index is -0.445. The molecule has 0 aliphatic heterocycles. The fourth-order valence-electron chi connectivity index (χ4n) is 1.80. The topological polar surface area (TPSA) is 88.3 Å². The Morgan fingerprint density at radius 2 is 1.85 bits per heavy atom. The van der Waals surface area contributed by atoms with Crippen molar-refractivity contribution in [1.29, 1.82) is 0 Å². The number of nitrogens with zero attached hydrogens (tertiary/aromatic N) is 2. The summed E-state index contributed by atoms with van der Waals surface area (Å²) in [7, 11) is 0. The molecule has 2 N–H and O–H groups in total. The van der Waals surface area contributed by atoms with E-state index >= 15 is 0 Å². The van der Waals surface area contributed by atoms with Crippen LogP contribution in [0, 0.1) is 17.0 Å². The minimum absolute atomic E-state index is 0.0165. The molecule has 0 saturated carbocycles. The molecule has 0 amide bonds. The highest BCUT2D eigenvalue weighted by Crippen LogP contribution is 2.18. The van der Waals surface area contributed by atoms with Gasteiger partial charge in [0.1, 0.15) is 11.5 Å². The van der Waals surface area contributed by atoms with E-state index in [4.69, 9.17) is 5.11 Å². The van der Waals surface area contributed by atoms with Crippen molar-refractivity contribution in [2.45, 2.75) is 20.1 Å². The Labute approximate surface area is 116 Å². The minimum Gasteiger partial charge on any atom is -0.392 e. The molecule has 20 heavy (non-hydrogen) atoms. The van der Waals surface area contributed by atoms with E-state index in [0.29, 0.717) is 18.1 Å². The van der Waals surface area contributed by atoms with Crippen LogP contribution in [0.5, 0.6) is 0 Å². The lowest BCUT2D eigenvalue weighted by Crippen LogP contribution is -2.03. The molecule has 0 aliphatic carbocycles. The number of aliphatic hydroxyl groups is 1. The summed E-state index contributed by atoms with van der Waals surface area (Å²) in [5.41, 5.74) is 2.30. The number of hydrogen-bond acceptors (Lipinski definition) is 5. The molecule has 0 atom stereocenters.